The molecule has 3 heterocycles. The number of nitrogens with one attached hydrogen (secondary N) is 1. The van der Waals surface area contributed by atoms with Crippen LogP contribution in [0.15, 0.2) is 48.6 Å². The first kappa shape index (κ1) is 34.9. The fourth-order valence-electron chi connectivity index (χ4n) is 8.42. The lowest BCUT2D eigenvalue weighted by atomic mass is 9.92. The molecule has 2 aromatic carbocycles. The third-order valence-corrected chi connectivity index (χ3v) is 10.9. The van der Waals surface area contributed by atoms with Crippen molar-refractivity contribution in [3.63, 3.8) is 0 Å². The third kappa shape index (κ3) is 7.35. The number of aliphatic carboxylic acids is 1. The van der Waals surface area contributed by atoms with Crippen LogP contribution in [0.5, 0.6) is 0 Å². The van der Waals surface area contributed by atoms with E-state index < -0.39 is 40.9 Å². The molecule has 10 heteroatoms. The summed E-state index contributed by atoms with van der Waals surface area (Å²) in [6.45, 7) is 7.86. The summed E-state index contributed by atoms with van der Waals surface area (Å²) in [6.07, 6.45) is 8.15. The van der Waals surface area contributed by atoms with E-state index in [1.807, 2.05) is 47.0 Å². The molecule has 3 aliphatic heterocycles. The second-order valence-electron chi connectivity index (χ2n) is 15.9. The van der Waals surface area contributed by atoms with Crippen LogP contribution in [0.25, 0.3) is 10.8 Å². The molecule has 2 amide bonds. The van der Waals surface area contributed by atoms with Crippen molar-refractivity contribution in [2.75, 3.05) is 38.6 Å². The predicted octanol–water partition coefficient (Wildman–Crippen LogP) is 4.99. The maximum Gasteiger partial charge on any atom is 0.330 e. The van der Waals surface area contributed by atoms with Gasteiger partial charge in [-0.25, -0.2) is 4.79 Å². The molecule has 1 aliphatic carbocycles. The predicted molar refractivity (Wildman–Crippen MR) is 189 cm³/mol. The lowest BCUT2D eigenvalue weighted by molar-refractivity contribution is -0.159. The first-order valence-corrected chi connectivity index (χ1v) is 17.9. The molecular formula is C39H52N4O6. The number of benzene rings is 2. The Bertz CT molecular complexity index is 1630. The van der Waals surface area contributed by atoms with Crippen LogP contribution in [0.3, 0.4) is 0 Å². The van der Waals surface area contributed by atoms with Crippen molar-refractivity contribution in [3.05, 3.63) is 54.1 Å². The minimum Gasteiger partial charge on any atom is -0.479 e. The monoisotopic (exact) mass is 672 g/mol. The fraction of sp³-hybridized carbons (Fsp3) is 0.590. The van der Waals surface area contributed by atoms with Crippen molar-refractivity contribution in [1.29, 1.82) is 0 Å². The zero-order valence-corrected chi connectivity index (χ0v) is 29.6. The van der Waals surface area contributed by atoms with Crippen LogP contribution in [0.4, 0.5) is 5.69 Å². The number of carbonyl (C=O) groups is 4. The summed E-state index contributed by atoms with van der Waals surface area (Å²) in [5.41, 5.74) is 0.324. The van der Waals surface area contributed by atoms with Crippen molar-refractivity contribution in [2.45, 2.75) is 89.4 Å². The summed E-state index contributed by atoms with van der Waals surface area (Å²) in [4.78, 5) is 60.5. The van der Waals surface area contributed by atoms with Crippen LogP contribution in [0, 0.1) is 23.7 Å². The number of hydrogen-bond acceptors (Lipinski definition) is 7. The molecule has 0 unspecified atom stereocenters. The number of allylic oxidation sites excluding steroid dienone is 1. The van der Waals surface area contributed by atoms with Crippen molar-refractivity contribution in [3.8, 4) is 0 Å². The van der Waals surface area contributed by atoms with Crippen LogP contribution < -0.4 is 10.2 Å². The Morgan fingerprint density at radius 2 is 1.78 bits per heavy atom. The number of hydrogen-bond donors (Lipinski definition) is 2. The van der Waals surface area contributed by atoms with E-state index in [-0.39, 0.29) is 30.1 Å². The number of likely N-dealkylation sites (tertiary alicyclic amines) is 1. The van der Waals surface area contributed by atoms with Gasteiger partial charge in [-0.1, -0.05) is 55.3 Å². The largest absolute Gasteiger partial charge is 0.479 e. The molecule has 0 bridgehead atoms. The molecule has 4 aliphatic rings. The maximum absolute atomic E-state index is 14.4. The highest BCUT2D eigenvalue weighted by Gasteiger charge is 2.62. The number of fused-ring (bicyclic) bond motifs is 5. The van der Waals surface area contributed by atoms with Crippen LogP contribution >= 0.6 is 0 Å². The van der Waals surface area contributed by atoms with Gasteiger partial charge in [0.1, 0.15) is 17.2 Å². The lowest BCUT2D eigenvalue weighted by Gasteiger charge is -2.32. The molecule has 0 radical (unpaired) electrons. The van der Waals surface area contributed by atoms with Crippen LogP contribution in [-0.4, -0.2) is 89.6 Å². The molecule has 2 saturated heterocycles. The van der Waals surface area contributed by atoms with Crippen LogP contribution in [0.1, 0.15) is 71.3 Å². The van der Waals surface area contributed by atoms with E-state index in [1.165, 1.54) is 16.3 Å². The highest BCUT2D eigenvalue weighted by Crippen LogP contribution is 2.46. The highest BCUT2D eigenvalue weighted by molar-refractivity contribution is 5.97. The zero-order valence-electron chi connectivity index (χ0n) is 29.6. The number of esters is 1. The molecule has 0 aromatic heterocycles. The molecule has 2 aromatic rings. The normalized spacial score (nSPS) is 30.0. The van der Waals surface area contributed by atoms with E-state index >= 15 is 0 Å². The first-order chi connectivity index (χ1) is 23.3. The fourth-order valence-corrected chi connectivity index (χ4v) is 8.42. The Balaban J connectivity index is 1.28. The Morgan fingerprint density at radius 1 is 1.02 bits per heavy atom. The molecule has 6 atom stereocenters. The molecule has 49 heavy (non-hydrogen) atoms. The first-order valence-electron chi connectivity index (χ1n) is 17.9. The zero-order chi connectivity index (χ0) is 35.1. The smallest absolute Gasteiger partial charge is 0.330 e. The van der Waals surface area contributed by atoms with Gasteiger partial charge in [-0.05, 0) is 69.4 Å². The Hall–Kier alpha value is -3.92. The lowest BCUT2D eigenvalue weighted by Crippen LogP contribution is -2.56. The molecule has 264 valence electrons. The van der Waals surface area contributed by atoms with Crippen molar-refractivity contribution >= 4 is 40.2 Å². The van der Waals surface area contributed by atoms with Crippen LogP contribution in [-0.2, 0) is 30.5 Å². The summed E-state index contributed by atoms with van der Waals surface area (Å²) < 4.78 is 5.63. The molecule has 1 saturated carbocycles. The second kappa shape index (κ2) is 13.8. The van der Waals surface area contributed by atoms with Crippen LogP contribution in [0.2, 0.25) is 0 Å². The summed E-state index contributed by atoms with van der Waals surface area (Å²) in [7, 11) is 4.09. The maximum atomic E-state index is 14.4. The van der Waals surface area contributed by atoms with E-state index in [1.54, 1.807) is 4.90 Å². The molecule has 0 spiro atoms. The molecule has 3 fully saturated rings. The summed E-state index contributed by atoms with van der Waals surface area (Å²) in [5.74, 6) is -3.08. The van der Waals surface area contributed by atoms with E-state index in [9.17, 15) is 24.3 Å². The number of ether oxygens (including phenoxy) is 1. The quantitative estimate of drug-likeness (QED) is 0.326. The molecule has 10 nitrogen and oxygen atoms in total. The Morgan fingerprint density at radius 3 is 2.49 bits per heavy atom. The standard InChI is InChI=1S/C39H52N4O6/c1-38(2,3)49-33(44)19-25-13-9-7-6-8-10-14-28-20-39(28,37(47)48)40-35(45)34-31-24-42(22-27(31)23-43(34)36(25)46)21-26-17-18-32(41(4)5)30-16-12-11-15-29(26)30/h10-12,14-18,25,27-28,31,34H,6-9,13,19-24H2,1-5H3,(H,40,45)(H,47,48)/b14-10-/t25-,27-,28+,31-,34-,39+/m0/s1. The number of carboxylic acids is 1. The highest BCUT2D eigenvalue weighted by atomic mass is 16.6. The van der Waals surface area contributed by atoms with Crippen molar-refractivity contribution < 1.29 is 29.0 Å². The summed E-state index contributed by atoms with van der Waals surface area (Å²) in [6, 6.07) is 11.9. The van der Waals surface area contributed by atoms with Gasteiger partial charge in [0, 0.05) is 69.1 Å². The van der Waals surface area contributed by atoms with Gasteiger partial charge in [-0.3, -0.25) is 19.3 Å². The van der Waals surface area contributed by atoms with Crippen molar-refractivity contribution in [1.82, 2.24) is 15.1 Å². The van der Waals surface area contributed by atoms with Gasteiger partial charge >= 0.3 is 11.9 Å². The average Bonchev–Trinajstić information content (AvgIpc) is 3.40. The average molecular weight is 673 g/mol. The second-order valence-corrected chi connectivity index (χ2v) is 15.9. The summed E-state index contributed by atoms with van der Waals surface area (Å²) >= 11 is 0. The Kier molecular flexibility index (Phi) is 9.81. The van der Waals surface area contributed by atoms with Crippen molar-refractivity contribution in [2.24, 2.45) is 23.7 Å². The number of rotatable bonds is 6. The van der Waals surface area contributed by atoms with Gasteiger partial charge in [0.2, 0.25) is 11.8 Å². The van der Waals surface area contributed by atoms with Gasteiger partial charge in [0.25, 0.3) is 0 Å². The number of amides is 2. The SMILES string of the molecule is CN(C)c1ccc(CN2C[C@H]3CN4C(=O)[C@H](CC(=O)OC(C)(C)C)CCCCC/C=C\[C@@H]5C[C@@]5(C(=O)O)NC(=O)[C@@H]4[C@H]3C2)c2ccccc12. The van der Waals surface area contributed by atoms with E-state index in [4.69, 9.17) is 4.74 Å². The van der Waals surface area contributed by atoms with Gasteiger partial charge in [0.05, 0.1) is 6.42 Å². The minimum atomic E-state index is -1.36. The van der Waals surface area contributed by atoms with E-state index in [0.717, 1.165) is 31.4 Å². The van der Waals surface area contributed by atoms with Gasteiger partial charge in [0.15, 0.2) is 0 Å². The molecule has 2 N–H and O–H groups in total. The molecular weight excluding hydrogens is 620 g/mol. The summed E-state index contributed by atoms with van der Waals surface area (Å²) in [5, 5.41) is 15.6. The minimum absolute atomic E-state index is 0.0422. The number of carbonyl (C=O) groups excluding carboxylic acids is 3. The van der Waals surface area contributed by atoms with Gasteiger partial charge < -0.3 is 25.0 Å². The molecule has 6 rings (SSSR count). The number of anilines is 1. The van der Waals surface area contributed by atoms with E-state index in [0.29, 0.717) is 39.0 Å². The number of nitrogens with zero attached hydrogens (tertiary/aromatic N) is 3. The third-order valence-electron chi connectivity index (χ3n) is 10.9. The van der Waals surface area contributed by atoms with Gasteiger partial charge in [-0.15, -0.1) is 0 Å². The topological polar surface area (TPSA) is 119 Å². The Labute approximate surface area is 289 Å². The van der Waals surface area contributed by atoms with Gasteiger partial charge in [-0.2, -0.15) is 0 Å². The number of carboxylic acid groups (broad SMARTS) is 1. The van der Waals surface area contributed by atoms with E-state index in [2.05, 4.69) is 51.5 Å².